The van der Waals surface area contributed by atoms with Gasteiger partial charge in [-0.3, -0.25) is 9.59 Å². The second-order valence-corrected chi connectivity index (χ2v) is 8.20. The van der Waals surface area contributed by atoms with Gasteiger partial charge in [0.1, 0.15) is 11.5 Å². The molecule has 1 unspecified atom stereocenters. The molecule has 2 aromatic heterocycles. The summed E-state index contributed by atoms with van der Waals surface area (Å²) in [6.07, 6.45) is 3.53. The van der Waals surface area contributed by atoms with Gasteiger partial charge in [-0.15, -0.1) is 11.3 Å². The minimum atomic E-state index is -0.725. The van der Waals surface area contributed by atoms with Crippen molar-refractivity contribution in [2.75, 3.05) is 6.61 Å². The van der Waals surface area contributed by atoms with Gasteiger partial charge in [0.25, 0.3) is 5.91 Å². The molecule has 0 spiro atoms. The first-order valence-corrected chi connectivity index (χ1v) is 11.1. The highest BCUT2D eigenvalue weighted by Crippen LogP contribution is 2.40. The normalized spacial score (nSPS) is 16.2. The molecule has 1 aliphatic rings. The Morgan fingerprint density at radius 2 is 2.00 bits per heavy atom. The molecule has 0 radical (unpaired) electrons. The van der Waals surface area contributed by atoms with Crippen LogP contribution in [0, 0.1) is 0 Å². The molecule has 4 rings (SSSR count). The lowest BCUT2D eigenvalue weighted by Crippen LogP contribution is -2.30. The lowest BCUT2D eigenvalue weighted by molar-refractivity contribution is -0.130. The van der Waals surface area contributed by atoms with Crippen molar-refractivity contribution >= 4 is 23.0 Å². The zero-order chi connectivity index (χ0) is 21.8. The summed E-state index contributed by atoms with van der Waals surface area (Å²) >= 11 is 1.28. The molecule has 0 fully saturated rings. The highest BCUT2D eigenvalue weighted by atomic mass is 32.1. The number of ketones is 1. The minimum absolute atomic E-state index is 0.0821. The van der Waals surface area contributed by atoms with Crippen molar-refractivity contribution in [2.45, 2.75) is 32.4 Å². The molecule has 3 aromatic rings. The van der Waals surface area contributed by atoms with E-state index >= 15 is 0 Å². The summed E-state index contributed by atoms with van der Waals surface area (Å²) in [5.41, 5.74) is 0.797. The molecule has 1 N–H and O–H groups in total. The largest absolute Gasteiger partial charge is 0.503 e. The van der Waals surface area contributed by atoms with Crippen molar-refractivity contribution in [3.05, 3.63) is 87.7 Å². The number of nitrogens with zero attached hydrogens (tertiary/aromatic N) is 1. The summed E-state index contributed by atoms with van der Waals surface area (Å²) in [6.45, 7) is 2.86. The zero-order valence-electron chi connectivity index (χ0n) is 17.1. The summed E-state index contributed by atoms with van der Waals surface area (Å²) < 4.78 is 11.1. The van der Waals surface area contributed by atoms with Gasteiger partial charge >= 0.3 is 0 Å². The maximum atomic E-state index is 13.2. The van der Waals surface area contributed by atoms with Crippen LogP contribution in [0.15, 0.2) is 75.9 Å². The average Bonchev–Trinajstić information content (AvgIpc) is 3.53. The molecule has 1 aromatic carbocycles. The fraction of sp³-hybridized carbons (Fsp3) is 0.250. The van der Waals surface area contributed by atoms with Gasteiger partial charge in [0.15, 0.2) is 5.76 Å². The Hall–Kier alpha value is -3.32. The number of amides is 1. The summed E-state index contributed by atoms with van der Waals surface area (Å²) in [5.74, 6) is -0.173. The minimum Gasteiger partial charge on any atom is -0.503 e. The zero-order valence-corrected chi connectivity index (χ0v) is 17.9. The maximum Gasteiger partial charge on any atom is 0.290 e. The summed E-state index contributed by atoms with van der Waals surface area (Å²) in [4.78, 5) is 28.1. The number of hydrogen-bond donors (Lipinski definition) is 1. The van der Waals surface area contributed by atoms with E-state index < -0.39 is 17.7 Å². The van der Waals surface area contributed by atoms with Crippen LogP contribution in [0.2, 0.25) is 0 Å². The Bertz CT molecular complexity index is 1070. The van der Waals surface area contributed by atoms with Crippen LogP contribution in [-0.4, -0.2) is 28.3 Å². The van der Waals surface area contributed by atoms with E-state index in [0.717, 1.165) is 18.6 Å². The number of rotatable bonds is 9. The highest BCUT2D eigenvalue weighted by molar-refractivity contribution is 7.12. The number of thiophene rings is 1. The molecule has 6 nitrogen and oxygen atoms in total. The third-order valence-corrected chi connectivity index (χ3v) is 6.03. The number of furan rings is 1. The first kappa shape index (κ1) is 20.9. The number of ether oxygens (including phenoxy) is 1. The van der Waals surface area contributed by atoms with Gasteiger partial charge < -0.3 is 19.2 Å². The second kappa shape index (κ2) is 9.22. The standard InChI is InChI=1S/C24H23NO5S/c1-2-3-12-29-17-10-8-16(9-11-17)21-20(22(26)19-7-5-14-31-19)23(27)24(28)25(21)15-18-6-4-13-30-18/h4-11,13-14,21,27H,2-3,12,15H2,1H3. The average molecular weight is 438 g/mol. The first-order valence-electron chi connectivity index (χ1n) is 10.2. The van der Waals surface area contributed by atoms with Crippen LogP contribution >= 0.6 is 11.3 Å². The van der Waals surface area contributed by atoms with Gasteiger partial charge in [-0.05, 0) is 47.7 Å². The topological polar surface area (TPSA) is 80.0 Å². The lowest BCUT2D eigenvalue weighted by Gasteiger charge is -2.26. The van der Waals surface area contributed by atoms with Crippen molar-refractivity contribution in [1.82, 2.24) is 4.90 Å². The van der Waals surface area contributed by atoms with Gasteiger partial charge in [-0.1, -0.05) is 31.5 Å². The molecule has 3 heterocycles. The van der Waals surface area contributed by atoms with Gasteiger partial charge in [-0.2, -0.15) is 0 Å². The Labute approximate surface area is 184 Å². The number of unbranched alkanes of at least 4 members (excludes halogenated alkanes) is 1. The lowest BCUT2D eigenvalue weighted by atomic mass is 9.95. The van der Waals surface area contributed by atoms with Gasteiger partial charge in [0.2, 0.25) is 5.78 Å². The van der Waals surface area contributed by atoms with Crippen LogP contribution in [-0.2, 0) is 11.3 Å². The van der Waals surface area contributed by atoms with Gasteiger partial charge in [0, 0.05) is 0 Å². The molecule has 0 saturated heterocycles. The van der Waals surface area contributed by atoms with E-state index in [1.54, 1.807) is 29.6 Å². The van der Waals surface area contributed by atoms with E-state index in [2.05, 4.69) is 6.92 Å². The van der Waals surface area contributed by atoms with E-state index in [9.17, 15) is 14.7 Å². The number of carbonyl (C=O) groups is 2. The van der Waals surface area contributed by atoms with E-state index in [1.165, 1.54) is 22.5 Å². The molecular formula is C24H23NO5S. The van der Waals surface area contributed by atoms with Crippen LogP contribution in [0.3, 0.4) is 0 Å². The Morgan fingerprint density at radius 3 is 2.65 bits per heavy atom. The number of aliphatic hydroxyl groups is 1. The van der Waals surface area contributed by atoms with E-state index in [0.29, 0.717) is 22.8 Å². The van der Waals surface area contributed by atoms with Gasteiger partial charge in [0.05, 0.1) is 35.9 Å². The second-order valence-electron chi connectivity index (χ2n) is 7.25. The van der Waals surface area contributed by atoms with Gasteiger partial charge in [-0.25, -0.2) is 0 Å². The maximum absolute atomic E-state index is 13.2. The number of aliphatic hydroxyl groups excluding tert-OH is 1. The predicted octanol–water partition coefficient (Wildman–Crippen LogP) is 5.30. The van der Waals surface area contributed by atoms with Crippen LogP contribution in [0.4, 0.5) is 0 Å². The van der Waals surface area contributed by atoms with E-state index in [1.807, 2.05) is 24.3 Å². The Morgan fingerprint density at radius 1 is 1.19 bits per heavy atom. The Kier molecular flexibility index (Phi) is 6.23. The monoisotopic (exact) mass is 437 g/mol. The van der Waals surface area contributed by atoms with Crippen molar-refractivity contribution in [2.24, 2.45) is 0 Å². The summed E-state index contributed by atoms with van der Waals surface area (Å²) in [7, 11) is 0. The molecule has 1 amide bonds. The van der Waals surface area contributed by atoms with Crippen LogP contribution in [0.1, 0.15) is 46.8 Å². The fourth-order valence-corrected chi connectivity index (χ4v) is 4.26. The number of Topliss-reactive ketones (excluding diaryl/α,β-unsaturated/α-hetero) is 1. The molecular weight excluding hydrogens is 414 g/mol. The SMILES string of the molecule is CCCCOc1ccc(C2C(C(=O)c3cccs3)=C(O)C(=O)N2Cc2ccco2)cc1. The number of benzene rings is 1. The first-order chi connectivity index (χ1) is 15.1. The number of hydrogen-bond acceptors (Lipinski definition) is 6. The molecule has 0 bridgehead atoms. The molecule has 160 valence electrons. The van der Waals surface area contributed by atoms with Crippen molar-refractivity contribution in [1.29, 1.82) is 0 Å². The predicted molar refractivity (Wildman–Crippen MR) is 117 cm³/mol. The number of carbonyl (C=O) groups excluding carboxylic acids is 2. The molecule has 7 heteroatoms. The fourth-order valence-electron chi connectivity index (χ4n) is 3.59. The summed E-state index contributed by atoms with van der Waals surface area (Å²) in [6, 6.07) is 13.5. The Balaban J connectivity index is 1.69. The third-order valence-electron chi connectivity index (χ3n) is 5.16. The van der Waals surface area contributed by atoms with Crippen LogP contribution in [0.25, 0.3) is 0 Å². The third kappa shape index (κ3) is 4.27. The van der Waals surface area contributed by atoms with Crippen LogP contribution in [0.5, 0.6) is 5.75 Å². The van der Waals surface area contributed by atoms with Crippen molar-refractivity contribution in [3.63, 3.8) is 0 Å². The van der Waals surface area contributed by atoms with E-state index in [-0.39, 0.29) is 17.9 Å². The van der Waals surface area contributed by atoms with E-state index in [4.69, 9.17) is 9.15 Å². The smallest absolute Gasteiger partial charge is 0.290 e. The quantitative estimate of drug-likeness (QED) is 0.363. The summed E-state index contributed by atoms with van der Waals surface area (Å²) in [5, 5.41) is 12.5. The van der Waals surface area contributed by atoms with Crippen LogP contribution < -0.4 is 4.74 Å². The molecule has 1 aliphatic heterocycles. The molecule has 1 atom stereocenters. The van der Waals surface area contributed by atoms with Crippen molar-refractivity contribution in [3.8, 4) is 5.75 Å². The molecule has 0 saturated carbocycles. The molecule has 0 aliphatic carbocycles. The molecule has 31 heavy (non-hydrogen) atoms. The highest BCUT2D eigenvalue weighted by Gasteiger charge is 2.44. The van der Waals surface area contributed by atoms with Crippen molar-refractivity contribution < 1.29 is 23.8 Å².